The second-order valence-electron chi connectivity index (χ2n) is 6.40. The first kappa shape index (κ1) is 17.5. The van der Waals surface area contributed by atoms with Crippen molar-refractivity contribution in [1.29, 1.82) is 0 Å². The third-order valence-electron chi connectivity index (χ3n) is 4.36. The van der Waals surface area contributed by atoms with E-state index in [9.17, 15) is 8.42 Å². The summed E-state index contributed by atoms with van der Waals surface area (Å²) in [7, 11) is -3.69. The number of nitrogens with one attached hydrogen (secondary N) is 2. The Kier molecular flexibility index (Phi) is 4.50. The third kappa shape index (κ3) is 3.36. The van der Waals surface area contributed by atoms with E-state index in [-0.39, 0.29) is 11.0 Å². The van der Waals surface area contributed by atoms with Gasteiger partial charge in [0.1, 0.15) is 16.8 Å². The van der Waals surface area contributed by atoms with Crippen LogP contribution in [0.15, 0.2) is 45.8 Å². The van der Waals surface area contributed by atoms with Gasteiger partial charge >= 0.3 is 0 Å². The molecular formula is C18H18BrN3O3S. The van der Waals surface area contributed by atoms with Gasteiger partial charge in [-0.1, -0.05) is 6.07 Å². The van der Waals surface area contributed by atoms with Gasteiger partial charge in [-0.2, -0.15) is 0 Å². The van der Waals surface area contributed by atoms with Gasteiger partial charge in [0.2, 0.25) is 0 Å². The van der Waals surface area contributed by atoms with Crippen molar-refractivity contribution in [2.75, 3.05) is 11.3 Å². The molecule has 1 fully saturated rings. The molecule has 0 amide bonds. The molecule has 26 heavy (non-hydrogen) atoms. The maximum Gasteiger partial charge on any atom is 0.263 e. The molecule has 1 aromatic heterocycles. The zero-order chi connectivity index (χ0) is 18.3. The maximum atomic E-state index is 12.7. The lowest BCUT2D eigenvalue weighted by Crippen LogP contribution is -2.13. The minimum atomic E-state index is -3.69. The first-order chi connectivity index (χ1) is 12.4. The number of anilines is 1. The number of halogens is 1. The summed E-state index contributed by atoms with van der Waals surface area (Å²) < 4.78 is 34.2. The van der Waals surface area contributed by atoms with Crippen LogP contribution in [0.2, 0.25) is 0 Å². The predicted octanol–water partition coefficient (Wildman–Crippen LogP) is 4.29. The van der Waals surface area contributed by atoms with Gasteiger partial charge in [-0.3, -0.25) is 4.72 Å². The average Bonchev–Trinajstić information content (AvgIpc) is 3.22. The molecule has 0 spiro atoms. The van der Waals surface area contributed by atoms with E-state index in [1.54, 1.807) is 36.4 Å². The number of aromatic nitrogens is 2. The minimum Gasteiger partial charge on any atom is -0.370 e. The van der Waals surface area contributed by atoms with Crippen LogP contribution in [0.4, 0.5) is 5.69 Å². The Bertz CT molecular complexity index is 1070. The number of fused-ring (bicyclic) bond motifs is 1. The van der Waals surface area contributed by atoms with Gasteiger partial charge in [0, 0.05) is 11.1 Å². The van der Waals surface area contributed by atoms with Crippen molar-refractivity contribution in [2.24, 2.45) is 0 Å². The molecule has 8 heteroatoms. The molecule has 2 heterocycles. The fourth-order valence-electron chi connectivity index (χ4n) is 3.07. The summed E-state index contributed by atoms with van der Waals surface area (Å²) in [5, 5.41) is 0. The van der Waals surface area contributed by atoms with Crippen LogP contribution in [0.1, 0.15) is 30.3 Å². The van der Waals surface area contributed by atoms with Crippen LogP contribution < -0.4 is 4.72 Å². The highest BCUT2D eigenvalue weighted by atomic mass is 79.9. The van der Waals surface area contributed by atoms with Crippen molar-refractivity contribution in [3.8, 4) is 0 Å². The number of H-pyrrole nitrogens is 1. The fraction of sp³-hybridized carbons (Fsp3) is 0.278. The molecule has 2 N–H and O–H groups in total. The quantitative estimate of drug-likeness (QED) is 0.639. The Hall–Kier alpha value is -1.90. The second kappa shape index (κ2) is 6.68. The third-order valence-corrected chi connectivity index (χ3v) is 6.72. The van der Waals surface area contributed by atoms with Gasteiger partial charge in [0.15, 0.2) is 0 Å². The standard InChI is InChI=1S/C18H18BrN3O3S/c1-11-4-7-17(13(19)9-11)26(23,24)22-12-5-6-14-15(10-12)21-18(20-14)16-3-2-8-25-16/h4-7,9-10,16,22H,2-3,8H2,1H3,(H,20,21). The maximum absolute atomic E-state index is 12.7. The van der Waals surface area contributed by atoms with Crippen LogP contribution in [0.25, 0.3) is 11.0 Å². The lowest BCUT2D eigenvalue weighted by Gasteiger charge is -2.10. The Morgan fingerprint density at radius 3 is 2.85 bits per heavy atom. The lowest BCUT2D eigenvalue weighted by molar-refractivity contribution is 0.106. The highest BCUT2D eigenvalue weighted by Crippen LogP contribution is 2.30. The normalized spacial score (nSPS) is 17.7. The smallest absolute Gasteiger partial charge is 0.263 e. The molecule has 1 saturated heterocycles. The van der Waals surface area contributed by atoms with Gasteiger partial charge < -0.3 is 9.72 Å². The molecule has 0 bridgehead atoms. The molecule has 0 aliphatic carbocycles. The van der Waals surface area contributed by atoms with E-state index in [0.29, 0.717) is 10.2 Å². The first-order valence-electron chi connectivity index (χ1n) is 8.33. The number of hydrogen-bond donors (Lipinski definition) is 2. The van der Waals surface area contributed by atoms with E-state index in [0.717, 1.165) is 41.9 Å². The van der Waals surface area contributed by atoms with E-state index in [1.807, 2.05) is 6.92 Å². The summed E-state index contributed by atoms with van der Waals surface area (Å²) in [6, 6.07) is 10.4. The van der Waals surface area contributed by atoms with Crippen LogP contribution in [0.5, 0.6) is 0 Å². The Labute approximate surface area is 160 Å². The van der Waals surface area contributed by atoms with E-state index < -0.39 is 10.0 Å². The molecule has 6 nitrogen and oxygen atoms in total. The zero-order valence-electron chi connectivity index (χ0n) is 14.1. The van der Waals surface area contributed by atoms with Gasteiger partial charge in [-0.05, 0) is 71.6 Å². The number of rotatable bonds is 4. The van der Waals surface area contributed by atoms with Crippen molar-refractivity contribution in [3.05, 3.63) is 52.3 Å². The molecule has 1 unspecified atom stereocenters. The van der Waals surface area contributed by atoms with E-state index in [2.05, 4.69) is 30.6 Å². The Morgan fingerprint density at radius 2 is 2.12 bits per heavy atom. The van der Waals surface area contributed by atoms with Crippen molar-refractivity contribution in [3.63, 3.8) is 0 Å². The second-order valence-corrected chi connectivity index (χ2v) is 8.90. The molecule has 0 radical (unpaired) electrons. The number of benzene rings is 2. The average molecular weight is 436 g/mol. The molecule has 1 aliphatic heterocycles. The number of aryl methyl sites for hydroxylation is 1. The number of aromatic amines is 1. The number of ether oxygens (including phenoxy) is 1. The molecule has 1 atom stereocenters. The van der Waals surface area contributed by atoms with Crippen LogP contribution >= 0.6 is 15.9 Å². The van der Waals surface area contributed by atoms with Crippen LogP contribution in [-0.2, 0) is 14.8 Å². The van der Waals surface area contributed by atoms with E-state index in [1.165, 1.54) is 0 Å². The number of nitrogens with zero attached hydrogens (tertiary/aromatic N) is 1. The van der Waals surface area contributed by atoms with Crippen molar-refractivity contribution in [1.82, 2.24) is 9.97 Å². The van der Waals surface area contributed by atoms with Gasteiger partial charge in [0.25, 0.3) is 10.0 Å². The largest absolute Gasteiger partial charge is 0.370 e. The molecule has 4 rings (SSSR count). The number of hydrogen-bond acceptors (Lipinski definition) is 4. The lowest BCUT2D eigenvalue weighted by atomic mass is 10.2. The summed E-state index contributed by atoms with van der Waals surface area (Å²) >= 11 is 3.33. The number of sulfonamides is 1. The fourth-order valence-corrected chi connectivity index (χ4v) is 5.32. The molecule has 0 saturated carbocycles. The molecular weight excluding hydrogens is 418 g/mol. The van der Waals surface area contributed by atoms with Gasteiger partial charge in [0.05, 0.1) is 16.7 Å². The van der Waals surface area contributed by atoms with E-state index >= 15 is 0 Å². The Morgan fingerprint density at radius 1 is 1.27 bits per heavy atom. The molecule has 3 aromatic rings. The van der Waals surface area contributed by atoms with Crippen LogP contribution in [0, 0.1) is 6.92 Å². The Balaban J connectivity index is 1.64. The highest BCUT2D eigenvalue weighted by Gasteiger charge is 2.22. The summed E-state index contributed by atoms with van der Waals surface area (Å²) in [6.45, 7) is 2.66. The molecule has 2 aromatic carbocycles. The monoisotopic (exact) mass is 435 g/mol. The van der Waals surface area contributed by atoms with Crippen molar-refractivity contribution >= 4 is 42.7 Å². The minimum absolute atomic E-state index is 0.00828. The van der Waals surface area contributed by atoms with Crippen LogP contribution in [-0.4, -0.2) is 25.0 Å². The van der Waals surface area contributed by atoms with Crippen LogP contribution in [0.3, 0.4) is 0 Å². The summed E-state index contributed by atoms with van der Waals surface area (Å²) in [5.74, 6) is 0.791. The van der Waals surface area contributed by atoms with Crippen molar-refractivity contribution in [2.45, 2.75) is 30.8 Å². The molecule has 1 aliphatic rings. The summed E-state index contributed by atoms with van der Waals surface area (Å²) in [4.78, 5) is 7.99. The molecule has 136 valence electrons. The predicted molar refractivity (Wildman–Crippen MR) is 104 cm³/mol. The first-order valence-corrected chi connectivity index (χ1v) is 10.6. The zero-order valence-corrected chi connectivity index (χ0v) is 16.5. The van der Waals surface area contributed by atoms with Gasteiger partial charge in [-0.25, -0.2) is 13.4 Å². The van der Waals surface area contributed by atoms with Crippen molar-refractivity contribution < 1.29 is 13.2 Å². The number of imidazole rings is 1. The summed E-state index contributed by atoms with van der Waals surface area (Å²) in [6.07, 6.45) is 1.96. The SMILES string of the molecule is Cc1ccc(S(=O)(=O)Nc2ccc3nc(C4CCCO4)[nH]c3c2)c(Br)c1. The highest BCUT2D eigenvalue weighted by molar-refractivity contribution is 9.10. The topological polar surface area (TPSA) is 84.1 Å². The van der Waals surface area contributed by atoms with Gasteiger partial charge in [-0.15, -0.1) is 0 Å². The van der Waals surface area contributed by atoms with E-state index in [4.69, 9.17) is 4.74 Å². The summed E-state index contributed by atoms with van der Waals surface area (Å²) in [5.41, 5.74) is 3.03.